The van der Waals surface area contributed by atoms with Crippen molar-refractivity contribution in [3.05, 3.63) is 88.3 Å². The number of aliphatic hydroxyl groups is 1. The summed E-state index contributed by atoms with van der Waals surface area (Å²) in [6, 6.07) is 14.7. The molecule has 2 heterocycles. The average Bonchev–Trinajstić information content (AvgIpc) is 3.42. The van der Waals surface area contributed by atoms with Crippen LogP contribution in [0.3, 0.4) is 0 Å². The average molecular weight is 417 g/mol. The first-order valence-corrected chi connectivity index (χ1v) is 11.1. The van der Waals surface area contributed by atoms with Crippen LogP contribution in [0.1, 0.15) is 36.6 Å². The number of hydrogen-bond acceptors (Lipinski definition) is 3. The topological polar surface area (TPSA) is 38.0 Å². The highest BCUT2D eigenvalue weighted by molar-refractivity contribution is 7.17. The van der Waals surface area contributed by atoms with Crippen LogP contribution in [0.15, 0.2) is 65.7 Å². The maximum atomic E-state index is 13.4. The summed E-state index contributed by atoms with van der Waals surface area (Å²) in [5.41, 5.74) is 4.02. The van der Waals surface area contributed by atoms with E-state index in [2.05, 4.69) is 35.6 Å². The highest BCUT2D eigenvalue weighted by atomic mass is 32.1. The molecule has 0 bridgehead atoms. The maximum Gasteiger partial charge on any atom is 0.123 e. The minimum atomic E-state index is -0.909. The van der Waals surface area contributed by atoms with Gasteiger partial charge < -0.3 is 5.11 Å². The number of thiophene rings is 1. The lowest BCUT2D eigenvalue weighted by Crippen LogP contribution is -2.42. The highest BCUT2D eigenvalue weighted by Gasteiger charge is 2.56. The van der Waals surface area contributed by atoms with Gasteiger partial charge in [0.2, 0.25) is 0 Å². The normalized spacial score (nSPS) is 25.2. The van der Waals surface area contributed by atoms with Gasteiger partial charge in [-0.1, -0.05) is 30.7 Å². The molecule has 4 aromatic rings. The summed E-state index contributed by atoms with van der Waals surface area (Å²) < 4.78 is 16.4. The van der Waals surface area contributed by atoms with Crippen molar-refractivity contribution < 1.29 is 9.50 Å². The van der Waals surface area contributed by atoms with Crippen molar-refractivity contribution in [2.75, 3.05) is 0 Å². The summed E-state index contributed by atoms with van der Waals surface area (Å²) in [6.07, 6.45) is 6.38. The van der Waals surface area contributed by atoms with E-state index >= 15 is 0 Å². The van der Waals surface area contributed by atoms with Crippen LogP contribution in [0.25, 0.3) is 21.8 Å². The van der Waals surface area contributed by atoms with E-state index in [1.54, 1.807) is 23.5 Å². The van der Waals surface area contributed by atoms with Crippen molar-refractivity contribution in [2.24, 2.45) is 5.41 Å². The molecule has 0 aliphatic heterocycles. The molecular weight excluding hydrogens is 395 g/mol. The molecule has 0 amide bonds. The molecule has 30 heavy (non-hydrogen) atoms. The molecule has 0 radical (unpaired) electrons. The second-order valence-electron chi connectivity index (χ2n) is 8.63. The third-order valence-electron chi connectivity index (χ3n) is 7.12. The Morgan fingerprint density at radius 1 is 1.13 bits per heavy atom. The summed E-state index contributed by atoms with van der Waals surface area (Å²) in [6.45, 7) is 2.19. The van der Waals surface area contributed by atoms with Crippen LogP contribution >= 0.6 is 11.3 Å². The van der Waals surface area contributed by atoms with Crippen LogP contribution in [-0.4, -0.2) is 14.9 Å². The van der Waals surface area contributed by atoms with Gasteiger partial charge in [0.1, 0.15) is 11.4 Å². The molecule has 2 aliphatic rings. The second-order valence-corrected chi connectivity index (χ2v) is 9.54. The Balaban J connectivity index is 1.47. The molecule has 1 saturated carbocycles. The number of benzene rings is 2. The van der Waals surface area contributed by atoms with Gasteiger partial charge in [-0.25, -0.2) is 9.07 Å². The van der Waals surface area contributed by atoms with Crippen molar-refractivity contribution in [3.8, 4) is 5.69 Å². The largest absolute Gasteiger partial charge is 0.384 e. The van der Waals surface area contributed by atoms with E-state index in [4.69, 9.17) is 0 Å². The molecule has 5 heteroatoms. The number of aromatic nitrogens is 2. The van der Waals surface area contributed by atoms with Gasteiger partial charge in [0.25, 0.3) is 0 Å². The molecule has 1 fully saturated rings. The van der Waals surface area contributed by atoms with Crippen LogP contribution in [0.4, 0.5) is 4.39 Å². The van der Waals surface area contributed by atoms with Crippen LogP contribution < -0.4 is 0 Å². The van der Waals surface area contributed by atoms with Crippen molar-refractivity contribution in [1.29, 1.82) is 0 Å². The summed E-state index contributed by atoms with van der Waals surface area (Å²) in [5.74, 6) is -0.255. The lowest BCUT2D eigenvalue weighted by Gasteiger charge is -2.42. The molecule has 3 nitrogen and oxygen atoms in total. The highest BCUT2D eigenvalue weighted by Crippen LogP contribution is 2.61. The standard InChI is InChI=1S/C25H21FN2OS/c1-24-13-16-14-27-28(19-8-6-18(26)7-9-19)22(16)12-17(24)10-11-25(24,29)21-15-30-23-5-3-2-4-20(21)23/h2-9,12,14-15,29H,10-11,13H2,1H3/t24-,25+/m0/s1. The van der Waals surface area contributed by atoms with Crippen LogP contribution in [0, 0.1) is 11.2 Å². The molecule has 2 aliphatic carbocycles. The maximum absolute atomic E-state index is 13.4. The SMILES string of the molecule is C[C@]12Cc3cnn(-c4ccc(F)cc4)c3C=C1CC[C@@]2(O)c1csc2ccccc12. The predicted molar refractivity (Wildman–Crippen MR) is 118 cm³/mol. The third kappa shape index (κ3) is 2.30. The van der Waals surface area contributed by atoms with Crippen LogP contribution in [0.2, 0.25) is 0 Å². The Morgan fingerprint density at radius 2 is 1.93 bits per heavy atom. The first-order chi connectivity index (χ1) is 14.5. The zero-order chi connectivity index (χ0) is 20.5. The fourth-order valence-corrected chi connectivity index (χ4v) is 6.40. The van der Waals surface area contributed by atoms with Gasteiger partial charge in [0.15, 0.2) is 0 Å². The third-order valence-corrected chi connectivity index (χ3v) is 8.08. The molecule has 2 atom stereocenters. The zero-order valence-corrected chi connectivity index (χ0v) is 17.4. The first-order valence-electron chi connectivity index (χ1n) is 10.2. The van der Waals surface area contributed by atoms with Crippen molar-refractivity contribution in [3.63, 3.8) is 0 Å². The van der Waals surface area contributed by atoms with E-state index in [0.717, 1.165) is 40.7 Å². The minimum absolute atomic E-state index is 0.255. The lowest BCUT2D eigenvalue weighted by atomic mass is 9.65. The van der Waals surface area contributed by atoms with Crippen molar-refractivity contribution >= 4 is 27.5 Å². The van der Waals surface area contributed by atoms with Gasteiger partial charge in [-0.15, -0.1) is 11.3 Å². The van der Waals surface area contributed by atoms with Gasteiger partial charge in [0, 0.05) is 15.7 Å². The van der Waals surface area contributed by atoms with E-state index in [9.17, 15) is 9.50 Å². The Kier molecular flexibility index (Phi) is 3.68. The van der Waals surface area contributed by atoms with Gasteiger partial charge >= 0.3 is 0 Å². The molecule has 2 aromatic carbocycles. The number of halogens is 1. The van der Waals surface area contributed by atoms with Crippen molar-refractivity contribution in [1.82, 2.24) is 9.78 Å². The lowest BCUT2D eigenvalue weighted by molar-refractivity contribution is -0.0439. The minimum Gasteiger partial charge on any atom is -0.384 e. The predicted octanol–water partition coefficient (Wildman–Crippen LogP) is 5.85. The Labute approximate surface area is 178 Å². The molecule has 1 N–H and O–H groups in total. The second kappa shape index (κ2) is 6.13. The summed E-state index contributed by atoms with van der Waals surface area (Å²) in [4.78, 5) is 0. The smallest absolute Gasteiger partial charge is 0.123 e. The van der Waals surface area contributed by atoms with E-state index in [1.165, 1.54) is 22.4 Å². The van der Waals surface area contributed by atoms with Gasteiger partial charge in [-0.3, -0.25) is 0 Å². The van der Waals surface area contributed by atoms with Crippen LogP contribution in [-0.2, 0) is 12.0 Å². The molecule has 6 rings (SSSR count). The fourth-order valence-electron chi connectivity index (χ4n) is 5.37. The Bertz CT molecular complexity index is 1320. The molecule has 2 aromatic heterocycles. The fraction of sp³-hybridized carbons (Fsp3) is 0.240. The van der Waals surface area contributed by atoms with Gasteiger partial charge in [0.05, 0.1) is 17.6 Å². The monoisotopic (exact) mass is 416 g/mol. The molecule has 0 spiro atoms. The van der Waals surface area contributed by atoms with Crippen molar-refractivity contribution in [2.45, 2.75) is 31.8 Å². The van der Waals surface area contributed by atoms with E-state index in [-0.39, 0.29) is 11.2 Å². The van der Waals surface area contributed by atoms with E-state index in [1.807, 2.05) is 23.0 Å². The number of fused-ring (bicyclic) bond motifs is 3. The Hall–Kier alpha value is -2.76. The number of hydrogen-bond donors (Lipinski definition) is 1. The molecule has 150 valence electrons. The number of nitrogens with zero attached hydrogens (tertiary/aromatic N) is 2. The summed E-state index contributed by atoms with van der Waals surface area (Å²) in [7, 11) is 0. The molecule has 0 unspecified atom stereocenters. The van der Waals surface area contributed by atoms with Crippen LogP contribution in [0.5, 0.6) is 0 Å². The van der Waals surface area contributed by atoms with Gasteiger partial charge in [-0.05, 0) is 72.0 Å². The quantitative estimate of drug-likeness (QED) is 0.445. The van der Waals surface area contributed by atoms with Gasteiger partial charge in [-0.2, -0.15) is 5.10 Å². The summed E-state index contributed by atoms with van der Waals surface area (Å²) >= 11 is 1.70. The molecule has 0 saturated heterocycles. The van der Waals surface area contributed by atoms with E-state index < -0.39 is 5.60 Å². The number of rotatable bonds is 2. The zero-order valence-electron chi connectivity index (χ0n) is 16.6. The molecular formula is C25H21FN2OS. The first kappa shape index (κ1) is 18.0. The van der Waals surface area contributed by atoms with E-state index in [0.29, 0.717) is 6.42 Å². The summed E-state index contributed by atoms with van der Waals surface area (Å²) in [5, 5.41) is 20.0. The Morgan fingerprint density at radius 3 is 2.77 bits per heavy atom.